The third-order valence-corrected chi connectivity index (χ3v) is 1.63. The van der Waals surface area contributed by atoms with Gasteiger partial charge >= 0.3 is 0 Å². The van der Waals surface area contributed by atoms with Crippen molar-refractivity contribution in [1.29, 1.82) is 0 Å². The zero-order valence-corrected chi connectivity index (χ0v) is 7.13. The molecule has 1 rings (SSSR count). The van der Waals surface area contributed by atoms with Gasteiger partial charge in [-0.3, -0.25) is 0 Å². The van der Waals surface area contributed by atoms with E-state index in [4.69, 9.17) is 4.74 Å². The number of aryl methyl sites for hydroxylation is 1. The first-order valence-corrected chi connectivity index (χ1v) is 4.02. The summed E-state index contributed by atoms with van der Waals surface area (Å²) in [6.07, 6.45) is 3.95. The number of H-pyrrole nitrogens is 1. The van der Waals surface area contributed by atoms with Crippen molar-refractivity contribution < 1.29 is 9.30 Å². The monoisotopic (exact) mass is 155 g/mol. The number of rotatable bonds is 4. The van der Waals surface area contributed by atoms with Gasteiger partial charge in [0.05, 0.1) is 6.54 Å². The van der Waals surface area contributed by atoms with Gasteiger partial charge in [-0.05, 0) is 13.8 Å². The van der Waals surface area contributed by atoms with Crippen molar-refractivity contribution in [3.05, 3.63) is 18.2 Å². The molecule has 0 unspecified atom stereocenters. The maximum absolute atomic E-state index is 5.27. The van der Waals surface area contributed by atoms with E-state index < -0.39 is 0 Å². The highest BCUT2D eigenvalue weighted by atomic mass is 16.5. The maximum atomic E-state index is 5.27. The summed E-state index contributed by atoms with van der Waals surface area (Å²) < 4.78 is 7.40. The second kappa shape index (κ2) is 4.13. The Bertz CT molecular complexity index is 208. The molecule has 1 heterocycles. The van der Waals surface area contributed by atoms with Crippen molar-refractivity contribution in [2.75, 3.05) is 6.61 Å². The van der Waals surface area contributed by atoms with Crippen molar-refractivity contribution in [1.82, 2.24) is 4.98 Å². The molecule has 1 N–H and O–H groups in total. The second-order valence-electron chi connectivity index (χ2n) is 2.33. The molecule has 11 heavy (non-hydrogen) atoms. The minimum absolute atomic E-state index is 0.678. The van der Waals surface area contributed by atoms with Crippen LogP contribution in [0.4, 0.5) is 0 Å². The molecule has 0 saturated carbocycles. The van der Waals surface area contributed by atoms with Crippen molar-refractivity contribution in [2.45, 2.75) is 27.0 Å². The first-order valence-electron chi connectivity index (χ1n) is 4.02. The van der Waals surface area contributed by atoms with Crippen LogP contribution in [0.15, 0.2) is 12.4 Å². The van der Waals surface area contributed by atoms with Crippen molar-refractivity contribution >= 4 is 0 Å². The van der Waals surface area contributed by atoms with Gasteiger partial charge in [-0.25, -0.2) is 9.55 Å². The van der Waals surface area contributed by atoms with Gasteiger partial charge in [0.25, 0.3) is 5.82 Å². The highest BCUT2D eigenvalue weighted by Crippen LogP contribution is 1.89. The van der Waals surface area contributed by atoms with Crippen LogP contribution in [-0.2, 0) is 17.9 Å². The Balaban J connectivity index is 2.54. The van der Waals surface area contributed by atoms with Gasteiger partial charge in [0.1, 0.15) is 19.0 Å². The molecule has 0 aliphatic rings. The van der Waals surface area contributed by atoms with E-state index in [1.54, 1.807) is 0 Å². The summed E-state index contributed by atoms with van der Waals surface area (Å²) in [5.41, 5.74) is 0. The minimum atomic E-state index is 0.678. The SMILES string of the molecule is CCOCc1[nH]cc[n+]1CC. The van der Waals surface area contributed by atoms with E-state index in [1.165, 1.54) is 0 Å². The lowest BCUT2D eigenvalue weighted by molar-refractivity contribution is -0.701. The zero-order valence-electron chi connectivity index (χ0n) is 7.13. The number of hydrogen-bond donors (Lipinski definition) is 1. The van der Waals surface area contributed by atoms with Crippen molar-refractivity contribution in [3.63, 3.8) is 0 Å². The van der Waals surface area contributed by atoms with Gasteiger partial charge in [0.15, 0.2) is 0 Å². The average molecular weight is 155 g/mol. The number of aromatic nitrogens is 2. The van der Waals surface area contributed by atoms with E-state index in [-0.39, 0.29) is 0 Å². The van der Waals surface area contributed by atoms with Crippen LogP contribution in [0.5, 0.6) is 0 Å². The van der Waals surface area contributed by atoms with Crippen LogP contribution in [-0.4, -0.2) is 11.6 Å². The number of ether oxygens (including phenoxy) is 1. The van der Waals surface area contributed by atoms with Crippen molar-refractivity contribution in [2.24, 2.45) is 0 Å². The Morgan fingerprint density at radius 3 is 3.00 bits per heavy atom. The van der Waals surface area contributed by atoms with E-state index in [0.29, 0.717) is 6.61 Å². The molecule has 0 aliphatic carbocycles. The normalized spacial score (nSPS) is 10.4. The number of hydrogen-bond acceptors (Lipinski definition) is 1. The molecule has 0 aliphatic heterocycles. The van der Waals surface area contributed by atoms with Gasteiger partial charge in [-0.2, -0.15) is 0 Å². The molecular weight excluding hydrogens is 140 g/mol. The van der Waals surface area contributed by atoms with E-state index >= 15 is 0 Å². The molecule has 1 aromatic rings. The fourth-order valence-corrected chi connectivity index (χ4v) is 1.02. The predicted octanol–water partition coefficient (Wildman–Crippen LogP) is 0.859. The van der Waals surface area contributed by atoms with Crippen LogP contribution in [0.3, 0.4) is 0 Å². The summed E-state index contributed by atoms with van der Waals surface area (Å²) in [6, 6.07) is 0. The van der Waals surface area contributed by atoms with Crippen LogP contribution in [0.25, 0.3) is 0 Å². The van der Waals surface area contributed by atoms with Gasteiger partial charge < -0.3 is 4.74 Å². The molecule has 0 saturated heterocycles. The lowest BCUT2D eigenvalue weighted by Gasteiger charge is -1.96. The Morgan fingerprint density at radius 1 is 1.55 bits per heavy atom. The summed E-state index contributed by atoms with van der Waals surface area (Å²) in [6.45, 7) is 6.55. The summed E-state index contributed by atoms with van der Waals surface area (Å²) in [4.78, 5) is 3.13. The maximum Gasteiger partial charge on any atom is 0.280 e. The Morgan fingerprint density at radius 2 is 2.36 bits per heavy atom. The fourth-order valence-electron chi connectivity index (χ4n) is 1.02. The minimum Gasteiger partial charge on any atom is -0.369 e. The molecule has 0 bridgehead atoms. The molecule has 62 valence electrons. The molecule has 0 spiro atoms. The summed E-state index contributed by atoms with van der Waals surface area (Å²) in [5.74, 6) is 1.13. The van der Waals surface area contributed by atoms with Crippen LogP contribution >= 0.6 is 0 Å². The molecule has 0 atom stereocenters. The number of nitrogens with zero attached hydrogens (tertiary/aromatic N) is 1. The smallest absolute Gasteiger partial charge is 0.280 e. The first-order chi connectivity index (χ1) is 5.38. The van der Waals surface area contributed by atoms with E-state index in [0.717, 1.165) is 19.0 Å². The summed E-state index contributed by atoms with van der Waals surface area (Å²) in [5, 5.41) is 0. The molecule has 3 nitrogen and oxygen atoms in total. The Labute approximate surface area is 67.0 Å². The number of aromatic amines is 1. The fraction of sp³-hybridized carbons (Fsp3) is 0.625. The van der Waals surface area contributed by atoms with Gasteiger partial charge in [0.2, 0.25) is 0 Å². The van der Waals surface area contributed by atoms with Gasteiger partial charge in [0, 0.05) is 6.61 Å². The zero-order chi connectivity index (χ0) is 8.10. The van der Waals surface area contributed by atoms with E-state index in [2.05, 4.69) is 16.5 Å². The number of nitrogens with one attached hydrogen (secondary N) is 1. The molecule has 0 fully saturated rings. The molecule has 0 aromatic carbocycles. The van der Waals surface area contributed by atoms with Crippen LogP contribution < -0.4 is 4.57 Å². The van der Waals surface area contributed by atoms with Crippen LogP contribution in [0.1, 0.15) is 19.7 Å². The highest BCUT2D eigenvalue weighted by molar-refractivity contribution is 4.73. The highest BCUT2D eigenvalue weighted by Gasteiger charge is 2.06. The Hall–Kier alpha value is -0.830. The summed E-state index contributed by atoms with van der Waals surface area (Å²) >= 11 is 0. The van der Waals surface area contributed by atoms with Crippen LogP contribution in [0.2, 0.25) is 0 Å². The standard InChI is InChI=1S/C8H14N2O/c1-3-10-6-5-9-8(10)7-11-4-2/h5-6H,3-4,7H2,1-2H3/p+1. The largest absolute Gasteiger partial charge is 0.369 e. The lowest BCUT2D eigenvalue weighted by Crippen LogP contribution is -2.34. The third-order valence-electron chi connectivity index (χ3n) is 1.63. The Kier molecular flexibility index (Phi) is 3.11. The van der Waals surface area contributed by atoms with Crippen molar-refractivity contribution in [3.8, 4) is 0 Å². The first kappa shape index (κ1) is 8.27. The predicted molar refractivity (Wildman–Crippen MR) is 42.0 cm³/mol. The van der Waals surface area contributed by atoms with E-state index in [9.17, 15) is 0 Å². The lowest BCUT2D eigenvalue weighted by atomic mass is 10.6. The molecule has 1 aromatic heterocycles. The summed E-state index contributed by atoms with van der Waals surface area (Å²) in [7, 11) is 0. The van der Waals surface area contributed by atoms with E-state index in [1.807, 2.05) is 19.3 Å². The topological polar surface area (TPSA) is 28.9 Å². The third kappa shape index (κ3) is 2.05. The molecular formula is C8H15N2O+. The molecule has 3 heteroatoms. The van der Waals surface area contributed by atoms with Crippen LogP contribution in [0, 0.1) is 0 Å². The number of imidazole rings is 1. The second-order valence-corrected chi connectivity index (χ2v) is 2.33. The van der Waals surface area contributed by atoms with Gasteiger partial charge in [-0.15, -0.1) is 0 Å². The molecule has 0 radical (unpaired) electrons. The average Bonchev–Trinajstić information content (AvgIpc) is 2.47. The van der Waals surface area contributed by atoms with Gasteiger partial charge in [-0.1, -0.05) is 0 Å². The molecule has 0 amide bonds. The quantitative estimate of drug-likeness (QED) is 0.642.